The van der Waals surface area contributed by atoms with E-state index in [1.807, 2.05) is 19.2 Å². The van der Waals surface area contributed by atoms with Gasteiger partial charge in [-0.1, -0.05) is 15.9 Å². The first-order valence-corrected chi connectivity index (χ1v) is 6.67. The predicted octanol–water partition coefficient (Wildman–Crippen LogP) is 2.31. The Balaban J connectivity index is 2.81. The summed E-state index contributed by atoms with van der Waals surface area (Å²) in [6.45, 7) is 3.83. The molecule has 80 valence electrons. The van der Waals surface area contributed by atoms with Gasteiger partial charge in [0.05, 0.1) is 0 Å². The summed E-state index contributed by atoms with van der Waals surface area (Å²) in [6.07, 6.45) is 0.732. The Kier molecular flexibility index (Phi) is 2.93. The van der Waals surface area contributed by atoms with Crippen LogP contribution in [0.25, 0.3) is 4.96 Å². The maximum absolute atomic E-state index is 12.1. The Morgan fingerprint density at radius 1 is 1.53 bits per heavy atom. The largest absolute Gasteiger partial charge is 0.269 e. The molecule has 0 aliphatic carbocycles. The van der Waals surface area contributed by atoms with Crippen molar-refractivity contribution >= 4 is 32.2 Å². The second-order valence-corrected chi connectivity index (χ2v) is 5.04. The van der Waals surface area contributed by atoms with Gasteiger partial charge in [0.25, 0.3) is 5.56 Å². The molecule has 0 saturated heterocycles. The van der Waals surface area contributed by atoms with Crippen molar-refractivity contribution in [3.8, 4) is 0 Å². The second kappa shape index (κ2) is 4.06. The zero-order chi connectivity index (χ0) is 11.0. The van der Waals surface area contributed by atoms with E-state index in [1.54, 1.807) is 4.40 Å². The molecule has 2 heterocycles. The van der Waals surface area contributed by atoms with Crippen LogP contribution in [0, 0.1) is 13.8 Å². The van der Waals surface area contributed by atoms with Crippen LogP contribution in [0.2, 0.25) is 0 Å². The number of hydrogen-bond acceptors (Lipinski definition) is 3. The van der Waals surface area contributed by atoms with E-state index < -0.39 is 0 Å². The first-order chi connectivity index (χ1) is 7.15. The number of aryl methyl sites for hydroxylation is 2. The Bertz CT molecular complexity index is 558. The maximum atomic E-state index is 12.1. The third-order valence-corrected chi connectivity index (χ3v) is 3.72. The van der Waals surface area contributed by atoms with Gasteiger partial charge in [-0.2, -0.15) is 0 Å². The maximum Gasteiger partial charge on any atom is 0.262 e. The van der Waals surface area contributed by atoms with Gasteiger partial charge in [0.2, 0.25) is 0 Å². The lowest BCUT2D eigenvalue weighted by molar-refractivity contribution is 0.936. The fourth-order valence-electron chi connectivity index (χ4n) is 1.60. The highest BCUT2D eigenvalue weighted by Crippen LogP contribution is 2.13. The Labute approximate surface area is 99.9 Å². The highest BCUT2D eigenvalue weighted by Gasteiger charge is 2.11. The van der Waals surface area contributed by atoms with Gasteiger partial charge >= 0.3 is 0 Å². The van der Waals surface area contributed by atoms with Crippen molar-refractivity contribution in [3.05, 3.63) is 32.7 Å². The lowest BCUT2D eigenvalue weighted by atomic mass is 10.2. The molecule has 0 radical (unpaired) electrons. The number of nitrogens with zero attached hydrogens (tertiary/aromatic N) is 2. The number of fused-ring (bicyclic) bond motifs is 1. The predicted molar refractivity (Wildman–Crippen MR) is 66.3 cm³/mol. The van der Waals surface area contributed by atoms with E-state index in [2.05, 4.69) is 20.9 Å². The quantitative estimate of drug-likeness (QED) is 0.794. The van der Waals surface area contributed by atoms with E-state index in [4.69, 9.17) is 0 Å². The first kappa shape index (κ1) is 10.8. The fraction of sp³-hybridized carbons (Fsp3) is 0.400. The molecule has 0 aromatic carbocycles. The minimum atomic E-state index is 0.0794. The molecule has 0 saturated carbocycles. The van der Waals surface area contributed by atoms with Gasteiger partial charge < -0.3 is 0 Å². The van der Waals surface area contributed by atoms with Crippen LogP contribution in [-0.2, 0) is 6.42 Å². The van der Waals surface area contributed by atoms with E-state index in [9.17, 15) is 4.79 Å². The summed E-state index contributed by atoms with van der Waals surface area (Å²) >= 11 is 4.86. The molecule has 0 amide bonds. The van der Waals surface area contributed by atoms with E-state index in [1.165, 1.54) is 11.3 Å². The minimum Gasteiger partial charge on any atom is -0.269 e. The molecule has 0 fully saturated rings. The van der Waals surface area contributed by atoms with Crippen LogP contribution in [-0.4, -0.2) is 14.7 Å². The molecule has 0 atom stereocenters. The molecule has 15 heavy (non-hydrogen) atoms. The molecule has 0 spiro atoms. The van der Waals surface area contributed by atoms with Gasteiger partial charge in [-0.15, -0.1) is 11.3 Å². The summed E-state index contributed by atoms with van der Waals surface area (Å²) < 4.78 is 1.69. The van der Waals surface area contributed by atoms with Crippen molar-refractivity contribution in [2.24, 2.45) is 0 Å². The molecule has 2 aromatic heterocycles. The van der Waals surface area contributed by atoms with Crippen molar-refractivity contribution in [2.75, 3.05) is 5.33 Å². The van der Waals surface area contributed by atoms with Crippen molar-refractivity contribution in [3.63, 3.8) is 0 Å². The zero-order valence-electron chi connectivity index (χ0n) is 8.58. The molecular formula is C10H11BrN2OS. The summed E-state index contributed by atoms with van der Waals surface area (Å²) in [5, 5.41) is 2.75. The lowest BCUT2D eigenvalue weighted by Gasteiger charge is -2.03. The molecule has 2 aromatic rings. The molecule has 3 nitrogen and oxygen atoms in total. The number of hydrogen-bond donors (Lipinski definition) is 0. The van der Waals surface area contributed by atoms with Crippen molar-refractivity contribution in [1.82, 2.24) is 9.38 Å². The van der Waals surface area contributed by atoms with Crippen LogP contribution in [0.3, 0.4) is 0 Å². The molecule has 0 aliphatic heterocycles. The highest BCUT2D eigenvalue weighted by atomic mass is 79.9. The van der Waals surface area contributed by atoms with Crippen LogP contribution in [0.4, 0.5) is 0 Å². The van der Waals surface area contributed by atoms with Crippen LogP contribution < -0.4 is 5.56 Å². The third-order valence-electron chi connectivity index (χ3n) is 2.38. The first-order valence-electron chi connectivity index (χ1n) is 4.67. The van der Waals surface area contributed by atoms with Crippen LogP contribution in [0.1, 0.15) is 17.0 Å². The van der Waals surface area contributed by atoms with Gasteiger partial charge in [0.15, 0.2) is 4.96 Å². The van der Waals surface area contributed by atoms with Crippen molar-refractivity contribution in [2.45, 2.75) is 20.3 Å². The van der Waals surface area contributed by atoms with E-state index >= 15 is 0 Å². The molecular weight excluding hydrogens is 276 g/mol. The summed E-state index contributed by atoms with van der Waals surface area (Å²) in [7, 11) is 0. The van der Waals surface area contributed by atoms with Gasteiger partial charge in [0, 0.05) is 27.7 Å². The number of halogens is 1. The van der Waals surface area contributed by atoms with Gasteiger partial charge in [0.1, 0.15) is 0 Å². The monoisotopic (exact) mass is 286 g/mol. The molecule has 5 heteroatoms. The van der Waals surface area contributed by atoms with E-state index in [-0.39, 0.29) is 5.56 Å². The Hall–Kier alpha value is -0.680. The Morgan fingerprint density at radius 3 is 2.93 bits per heavy atom. The summed E-state index contributed by atoms with van der Waals surface area (Å²) in [5.74, 6) is 0. The number of rotatable bonds is 2. The van der Waals surface area contributed by atoms with E-state index in [0.29, 0.717) is 0 Å². The van der Waals surface area contributed by atoms with E-state index in [0.717, 1.165) is 33.7 Å². The molecule has 0 bridgehead atoms. The van der Waals surface area contributed by atoms with Crippen LogP contribution >= 0.6 is 27.3 Å². The fourth-order valence-corrected chi connectivity index (χ4v) is 2.90. The number of thiazole rings is 1. The second-order valence-electron chi connectivity index (χ2n) is 3.41. The molecule has 0 unspecified atom stereocenters. The zero-order valence-corrected chi connectivity index (χ0v) is 11.0. The topological polar surface area (TPSA) is 34.4 Å². The molecule has 2 rings (SSSR count). The summed E-state index contributed by atoms with van der Waals surface area (Å²) in [4.78, 5) is 17.4. The lowest BCUT2D eigenvalue weighted by Crippen LogP contribution is -2.21. The van der Waals surface area contributed by atoms with Crippen LogP contribution in [0.15, 0.2) is 10.2 Å². The van der Waals surface area contributed by atoms with Gasteiger partial charge in [-0.3, -0.25) is 9.20 Å². The Morgan fingerprint density at radius 2 is 2.27 bits per heavy atom. The SMILES string of the molecule is Cc1nc2scc(C)n2c(=O)c1CCBr. The normalized spacial score (nSPS) is 11.1. The number of aromatic nitrogens is 2. The highest BCUT2D eigenvalue weighted by molar-refractivity contribution is 9.09. The molecule has 0 N–H and O–H groups in total. The van der Waals surface area contributed by atoms with Crippen molar-refractivity contribution < 1.29 is 0 Å². The van der Waals surface area contributed by atoms with Gasteiger partial charge in [-0.05, 0) is 20.3 Å². The smallest absolute Gasteiger partial charge is 0.262 e. The average molecular weight is 287 g/mol. The average Bonchev–Trinajstić information content (AvgIpc) is 2.54. The number of alkyl halides is 1. The van der Waals surface area contributed by atoms with Crippen molar-refractivity contribution in [1.29, 1.82) is 0 Å². The standard InChI is InChI=1S/C10H11BrN2OS/c1-6-5-15-10-12-7(2)8(3-4-11)9(14)13(6)10/h5H,3-4H2,1-2H3. The van der Waals surface area contributed by atoms with Gasteiger partial charge in [-0.25, -0.2) is 4.98 Å². The summed E-state index contributed by atoms with van der Waals surface area (Å²) in [5.41, 5.74) is 2.70. The summed E-state index contributed by atoms with van der Waals surface area (Å²) in [6, 6.07) is 0. The minimum absolute atomic E-state index is 0.0794. The third kappa shape index (κ3) is 1.74. The molecule has 0 aliphatic rings. The van der Waals surface area contributed by atoms with Crippen LogP contribution in [0.5, 0.6) is 0 Å².